The minimum atomic E-state index is 0.00381. The van der Waals surface area contributed by atoms with Crippen molar-refractivity contribution in [2.45, 2.75) is 31.1 Å². The Bertz CT molecular complexity index is 527. The first kappa shape index (κ1) is 25.9. The van der Waals surface area contributed by atoms with Gasteiger partial charge in [0, 0.05) is 36.5 Å². The van der Waals surface area contributed by atoms with Gasteiger partial charge in [-0.1, -0.05) is 27.7 Å². The summed E-state index contributed by atoms with van der Waals surface area (Å²) in [6, 6.07) is 6.08. The minimum absolute atomic E-state index is 0.00381. The Morgan fingerprint density at radius 1 is 1.04 bits per heavy atom. The average Bonchev–Trinajstić information content (AvgIpc) is 2.68. The fourth-order valence-corrected chi connectivity index (χ4v) is 5.07. The molecule has 0 radical (unpaired) electrons. The molecule has 0 atom stereocenters. The molecule has 28 heavy (non-hydrogen) atoms. The summed E-state index contributed by atoms with van der Waals surface area (Å²) in [6.45, 7) is 9.01. The van der Waals surface area contributed by atoms with E-state index in [0.29, 0.717) is 38.9 Å². The van der Waals surface area contributed by atoms with E-state index < -0.39 is 0 Å². The highest BCUT2D eigenvalue weighted by Crippen LogP contribution is 2.35. The van der Waals surface area contributed by atoms with Gasteiger partial charge in [-0.05, 0) is 43.4 Å². The Hall–Kier alpha value is -0.150. The number of nitrogens with zero attached hydrogens (tertiary/aromatic N) is 1. The summed E-state index contributed by atoms with van der Waals surface area (Å²) < 4.78 is 16.2. The predicted octanol–water partition coefficient (Wildman–Crippen LogP) is 4.19. The zero-order chi connectivity index (χ0) is 20.8. The minimum Gasteiger partial charge on any atom is -0.392 e. The molecule has 1 aromatic carbocycles. The van der Waals surface area contributed by atoms with Crippen LogP contribution in [0.15, 0.2) is 18.2 Å². The molecule has 8 heteroatoms. The van der Waals surface area contributed by atoms with Crippen LogP contribution in [0.1, 0.15) is 25.0 Å². The van der Waals surface area contributed by atoms with Crippen LogP contribution >= 0.6 is 33.2 Å². The lowest BCUT2D eigenvalue weighted by Crippen LogP contribution is -2.38. The lowest BCUT2D eigenvalue weighted by Gasteiger charge is -2.33. The van der Waals surface area contributed by atoms with Gasteiger partial charge < -0.3 is 24.2 Å². The fourth-order valence-electron chi connectivity index (χ4n) is 2.74. The smallest absolute Gasteiger partial charge is 0.0701 e. The maximum absolute atomic E-state index is 9.60. The van der Waals surface area contributed by atoms with Crippen LogP contribution in [0.3, 0.4) is 0 Å². The first-order valence-corrected chi connectivity index (χ1v) is 12.5. The molecule has 5 nitrogen and oxygen atoms in total. The van der Waals surface area contributed by atoms with Gasteiger partial charge in [0.1, 0.15) is 0 Å². The zero-order valence-electron chi connectivity index (χ0n) is 17.4. The highest BCUT2D eigenvalue weighted by molar-refractivity contribution is 8.77. The van der Waals surface area contributed by atoms with Gasteiger partial charge in [0.2, 0.25) is 0 Å². The number of anilines is 1. The third kappa shape index (κ3) is 10.6. The summed E-state index contributed by atoms with van der Waals surface area (Å²) in [4.78, 5) is 2.31. The van der Waals surface area contributed by atoms with Crippen molar-refractivity contribution in [2.24, 2.45) is 0 Å². The molecule has 0 aliphatic heterocycles. The first-order chi connectivity index (χ1) is 13.5. The highest BCUT2D eigenvalue weighted by atomic mass is 35.5. The number of benzene rings is 1. The van der Waals surface area contributed by atoms with Crippen molar-refractivity contribution >= 4 is 38.9 Å². The average molecular weight is 452 g/mol. The van der Waals surface area contributed by atoms with Crippen LogP contribution in [0.4, 0.5) is 5.69 Å². The molecule has 0 saturated heterocycles. The predicted molar refractivity (Wildman–Crippen MR) is 123 cm³/mol. The van der Waals surface area contributed by atoms with Gasteiger partial charge >= 0.3 is 0 Å². The van der Waals surface area contributed by atoms with Crippen molar-refractivity contribution in [3.8, 4) is 0 Å². The van der Waals surface area contributed by atoms with E-state index in [0.717, 1.165) is 29.9 Å². The van der Waals surface area contributed by atoms with Crippen LogP contribution in [0, 0.1) is 0 Å². The number of rotatable bonds is 16. The molecule has 0 aliphatic rings. The SMILES string of the molecule is COCCOCCOCCN(CC(C)(C)SSC)c1cc(CO)cc(CCl)c1. The standard InChI is InChI=1S/C20H34ClNO4S2/c1-20(2,28-27-4)16-22(5-6-25-9-10-26-8-7-24-3)19-12-17(14-21)11-18(13-19)15-23/h11-13,23H,5-10,14-16H2,1-4H3. The number of hydrogen-bond acceptors (Lipinski definition) is 7. The molecular weight excluding hydrogens is 418 g/mol. The summed E-state index contributed by atoms with van der Waals surface area (Å²) in [5.74, 6) is 0.424. The number of hydrogen-bond donors (Lipinski definition) is 1. The van der Waals surface area contributed by atoms with Crippen molar-refractivity contribution < 1.29 is 19.3 Å². The van der Waals surface area contributed by atoms with Crippen LogP contribution in [0.25, 0.3) is 0 Å². The van der Waals surface area contributed by atoms with Gasteiger partial charge in [0.15, 0.2) is 0 Å². The van der Waals surface area contributed by atoms with Crippen molar-refractivity contribution in [1.29, 1.82) is 0 Å². The second-order valence-electron chi connectivity index (χ2n) is 6.95. The van der Waals surface area contributed by atoms with Crippen LogP contribution in [0.2, 0.25) is 0 Å². The van der Waals surface area contributed by atoms with Crippen molar-refractivity contribution in [2.75, 3.05) is 64.4 Å². The Morgan fingerprint density at radius 2 is 1.68 bits per heavy atom. The van der Waals surface area contributed by atoms with E-state index in [4.69, 9.17) is 25.8 Å². The molecule has 0 amide bonds. The van der Waals surface area contributed by atoms with Gasteiger partial charge in [-0.15, -0.1) is 11.6 Å². The van der Waals surface area contributed by atoms with Gasteiger partial charge in [-0.25, -0.2) is 0 Å². The summed E-state index contributed by atoms with van der Waals surface area (Å²) in [6.07, 6.45) is 2.10. The molecule has 1 rings (SSSR count). The molecule has 0 unspecified atom stereocenters. The van der Waals surface area contributed by atoms with Crippen LogP contribution in [-0.2, 0) is 26.7 Å². The van der Waals surface area contributed by atoms with Crippen molar-refractivity contribution in [3.05, 3.63) is 29.3 Å². The second kappa shape index (κ2) is 14.8. The maximum atomic E-state index is 9.60. The molecule has 162 valence electrons. The maximum Gasteiger partial charge on any atom is 0.0701 e. The molecule has 0 bridgehead atoms. The number of halogens is 1. The summed E-state index contributed by atoms with van der Waals surface area (Å²) >= 11 is 6.06. The normalized spacial score (nSPS) is 11.8. The van der Waals surface area contributed by atoms with Gasteiger partial charge in [0.05, 0.1) is 39.6 Å². The Balaban J connectivity index is 2.72. The molecular formula is C20H34ClNO4S2. The summed E-state index contributed by atoms with van der Waals surface area (Å²) in [5, 5.41) is 9.60. The first-order valence-electron chi connectivity index (χ1n) is 9.36. The van der Waals surface area contributed by atoms with Crippen LogP contribution in [0.5, 0.6) is 0 Å². The fraction of sp³-hybridized carbons (Fsp3) is 0.700. The van der Waals surface area contributed by atoms with Crippen LogP contribution < -0.4 is 4.90 Å². The highest BCUT2D eigenvalue weighted by Gasteiger charge is 2.23. The third-order valence-electron chi connectivity index (χ3n) is 3.93. The van der Waals surface area contributed by atoms with E-state index in [9.17, 15) is 5.11 Å². The Morgan fingerprint density at radius 3 is 2.29 bits per heavy atom. The molecule has 0 spiro atoms. The number of ether oxygens (including phenoxy) is 3. The number of alkyl halides is 1. The lowest BCUT2D eigenvalue weighted by atomic mass is 10.1. The quantitative estimate of drug-likeness (QED) is 0.229. The molecule has 0 heterocycles. The molecule has 1 N–H and O–H groups in total. The number of aliphatic hydroxyl groups excluding tert-OH is 1. The van der Waals surface area contributed by atoms with E-state index in [1.807, 2.05) is 22.9 Å². The monoisotopic (exact) mass is 451 g/mol. The molecule has 0 aromatic heterocycles. The molecule has 0 aliphatic carbocycles. The zero-order valence-corrected chi connectivity index (χ0v) is 19.8. The van der Waals surface area contributed by atoms with Gasteiger partial charge in [-0.2, -0.15) is 0 Å². The Kier molecular flexibility index (Phi) is 13.7. The van der Waals surface area contributed by atoms with E-state index in [1.54, 1.807) is 17.9 Å². The van der Waals surface area contributed by atoms with Crippen molar-refractivity contribution in [3.63, 3.8) is 0 Å². The topological polar surface area (TPSA) is 51.2 Å². The number of aliphatic hydroxyl groups is 1. The molecule has 1 aromatic rings. The van der Waals surface area contributed by atoms with E-state index in [1.165, 1.54) is 0 Å². The second-order valence-corrected chi connectivity index (χ2v) is 10.3. The summed E-state index contributed by atoms with van der Waals surface area (Å²) in [7, 11) is 5.29. The molecule has 0 saturated carbocycles. The molecule has 0 fully saturated rings. The van der Waals surface area contributed by atoms with Crippen molar-refractivity contribution in [1.82, 2.24) is 0 Å². The number of methoxy groups -OCH3 is 1. The van der Waals surface area contributed by atoms with E-state index >= 15 is 0 Å². The largest absolute Gasteiger partial charge is 0.392 e. The summed E-state index contributed by atoms with van der Waals surface area (Å²) in [5.41, 5.74) is 2.95. The lowest BCUT2D eigenvalue weighted by molar-refractivity contribution is 0.0264. The van der Waals surface area contributed by atoms with Crippen LogP contribution in [-0.4, -0.2) is 69.3 Å². The van der Waals surface area contributed by atoms with E-state index in [2.05, 4.69) is 31.1 Å². The third-order valence-corrected chi connectivity index (χ3v) is 6.84. The van der Waals surface area contributed by atoms with E-state index in [-0.39, 0.29) is 11.4 Å². The van der Waals surface area contributed by atoms with Gasteiger partial charge in [0.25, 0.3) is 0 Å². The van der Waals surface area contributed by atoms with Gasteiger partial charge in [-0.3, -0.25) is 0 Å². The Labute approximate surface area is 182 Å².